The van der Waals surface area contributed by atoms with Crippen LogP contribution in [0.2, 0.25) is 0 Å². The summed E-state index contributed by atoms with van der Waals surface area (Å²) in [5, 5.41) is 9.45. The summed E-state index contributed by atoms with van der Waals surface area (Å²) >= 11 is 0. The minimum atomic E-state index is -0.637. The summed E-state index contributed by atoms with van der Waals surface area (Å²) in [6, 6.07) is 0. The Bertz CT molecular complexity index is 306. The highest BCUT2D eigenvalue weighted by atomic mass is 16.6. The molecule has 2 aliphatic carbocycles. The number of epoxide rings is 1. The van der Waals surface area contributed by atoms with Gasteiger partial charge in [0.15, 0.2) is 0 Å². The van der Waals surface area contributed by atoms with Gasteiger partial charge in [0.25, 0.3) is 0 Å². The number of hydrogen-bond acceptors (Lipinski definition) is 2. The highest BCUT2D eigenvalue weighted by Gasteiger charge is 2.69. The first-order valence-corrected chi connectivity index (χ1v) is 5.99. The second-order valence-electron chi connectivity index (χ2n) is 5.67. The molecular weight excluding hydrogens is 192 g/mol. The summed E-state index contributed by atoms with van der Waals surface area (Å²) in [6.07, 6.45) is 6.94. The molecule has 0 aromatic heterocycles. The normalized spacial score (nSPS) is 46.5. The number of hydrogen-bond donors (Lipinski definition) is 1. The average Bonchev–Trinajstić information content (AvgIpc) is 2.61. The minimum absolute atomic E-state index is 0.0631. The van der Waals surface area contributed by atoms with Crippen molar-refractivity contribution in [1.29, 1.82) is 0 Å². The van der Waals surface area contributed by atoms with Crippen molar-refractivity contribution in [3.63, 3.8) is 0 Å². The topological polar surface area (TPSA) is 49.8 Å². The van der Waals surface area contributed by atoms with Crippen molar-refractivity contribution in [3.05, 3.63) is 0 Å². The van der Waals surface area contributed by atoms with E-state index < -0.39 is 5.97 Å². The predicted octanol–water partition coefficient (Wildman–Crippen LogP) is 2.20. The van der Waals surface area contributed by atoms with E-state index in [0.29, 0.717) is 0 Å². The van der Waals surface area contributed by atoms with Gasteiger partial charge in [0, 0.05) is 0 Å². The Morgan fingerprint density at radius 1 is 1.33 bits per heavy atom. The van der Waals surface area contributed by atoms with Crippen LogP contribution in [0.1, 0.15) is 45.4 Å². The quantitative estimate of drug-likeness (QED) is 0.675. The number of carboxylic acid groups (broad SMARTS) is 1. The lowest BCUT2D eigenvalue weighted by atomic mass is 9.61. The van der Waals surface area contributed by atoms with E-state index >= 15 is 0 Å². The molecule has 0 amide bonds. The van der Waals surface area contributed by atoms with Crippen LogP contribution in [-0.2, 0) is 9.53 Å². The second kappa shape index (κ2) is 2.76. The Balaban J connectivity index is 1.97. The Kier molecular flexibility index (Phi) is 1.77. The molecule has 2 saturated carbocycles. The molecule has 0 radical (unpaired) electrons. The average molecular weight is 210 g/mol. The molecular formula is C12H18O3. The number of carboxylic acids is 1. The van der Waals surface area contributed by atoms with E-state index in [1.165, 1.54) is 12.8 Å². The summed E-state index contributed by atoms with van der Waals surface area (Å²) in [5.41, 5.74) is -0.276. The molecule has 1 heterocycles. The zero-order chi connectivity index (χ0) is 10.7. The SMILES string of the molecule is CC12OC1CCC1(CCCC1)C2C(=O)O. The maximum atomic E-state index is 11.5. The van der Waals surface area contributed by atoms with Gasteiger partial charge in [-0.2, -0.15) is 0 Å². The molecule has 1 N–H and O–H groups in total. The van der Waals surface area contributed by atoms with Crippen molar-refractivity contribution in [1.82, 2.24) is 0 Å². The molecule has 3 fully saturated rings. The van der Waals surface area contributed by atoms with Gasteiger partial charge in [0.1, 0.15) is 5.60 Å². The van der Waals surface area contributed by atoms with Gasteiger partial charge in [-0.3, -0.25) is 4.79 Å². The highest BCUT2D eigenvalue weighted by Crippen LogP contribution is 2.63. The molecule has 84 valence electrons. The standard InChI is InChI=1S/C12H18O3/c1-11-8(15-11)4-7-12(5-2-3-6-12)9(11)10(13)14/h8-9H,2-7H2,1H3,(H,13,14). The third kappa shape index (κ3) is 1.13. The Hall–Kier alpha value is -0.570. The van der Waals surface area contributed by atoms with Crippen LogP contribution in [0.5, 0.6) is 0 Å². The Morgan fingerprint density at radius 3 is 2.60 bits per heavy atom. The van der Waals surface area contributed by atoms with Gasteiger partial charge in [-0.1, -0.05) is 12.8 Å². The van der Waals surface area contributed by atoms with Crippen molar-refractivity contribution in [2.75, 3.05) is 0 Å². The van der Waals surface area contributed by atoms with Crippen LogP contribution < -0.4 is 0 Å². The molecule has 1 aliphatic heterocycles. The smallest absolute Gasteiger partial charge is 0.310 e. The lowest BCUT2D eigenvalue weighted by Gasteiger charge is -2.40. The van der Waals surface area contributed by atoms with Gasteiger partial charge in [-0.25, -0.2) is 0 Å². The van der Waals surface area contributed by atoms with Crippen LogP contribution in [0.15, 0.2) is 0 Å². The van der Waals surface area contributed by atoms with Gasteiger partial charge in [-0.05, 0) is 38.0 Å². The summed E-state index contributed by atoms with van der Waals surface area (Å²) < 4.78 is 5.65. The number of carbonyl (C=O) groups is 1. The fraction of sp³-hybridized carbons (Fsp3) is 0.917. The van der Waals surface area contributed by atoms with Crippen molar-refractivity contribution in [2.45, 2.75) is 57.2 Å². The van der Waals surface area contributed by atoms with Gasteiger partial charge < -0.3 is 9.84 Å². The summed E-state index contributed by atoms with van der Waals surface area (Å²) in [5.74, 6) is -0.896. The third-order valence-electron chi connectivity index (χ3n) is 4.91. The van der Waals surface area contributed by atoms with Crippen molar-refractivity contribution >= 4 is 5.97 Å². The van der Waals surface area contributed by atoms with Gasteiger partial charge in [0.05, 0.1) is 12.0 Å². The first kappa shape index (κ1) is 9.64. The molecule has 3 nitrogen and oxygen atoms in total. The molecule has 3 atom stereocenters. The molecule has 0 bridgehead atoms. The maximum absolute atomic E-state index is 11.5. The molecule has 0 aromatic rings. The van der Waals surface area contributed by atoms with E-state index in [1.807, 2.05) is 6.92 Å². The monoisotopic (exact) mass is 210 g/mol. The third-order valence-corrected chi connectivity index (χ3v) is 4.91. The Morgan fingerprint density at radius 2 is 2.00 bits per heavy atom. The second-order valence-corrected chi connectivity index (χ2v) is 5.67. The molecule has 0 aromatic carbocycles. The first-order chi connectivity index (χ1) is 7.08. The van der Waals surface area contributed by atoms with E-state index in [2.05, 4.69) is 0 Å². The van der Waals surface area contributed by atoms with Crippen LogP contribution in [0.25, 0.3) is 0 Å². The zero-order valence-corrected chi connectivity index (χ0v) is 9.16. The molecule has 3 unspecified atom stereocenters. The van der Waals surface area contributed by atoms with Crippen LogP contribution >= 0.6 is 0 Å². The number of aliphatic carboxylic acids is 1. The molecule has 15 heavy (non-hydrogen) atoms. The fourth-order valence-electron chi connectivity index (χ4n) is 4.17. The van der Waals surface area contributed by atoms with Crippen molar-refractivity contribution < 1.29 is 14.6 Å². The lowest BCUT2D eigenvalue weighted by molar-refractivity contribution is -0.151. The minimum Gasteiger partial charge on any atom is -0.481 e. The van der Waals surface area contributed by atoms with Crippen LogP contribution in [0.3, 0.4) is 0 Å². The van der Waals surface area contributed by atoms with Gasteiger partial charge in [-0.15, -0.1) is 0 Å². The van der Waals surface area contributed by atoms with E-state index in [0.717, 1.165) is 25.7 Å². The predicted molar refractivity (Wildman–Crippen MR) is 54.5 cm³/mol. The number of fused-ring (bicyclic) bond motifs is 1. The van der Waals surface area contributed by atoms with Crippen LogP contribution in [-0.4, -0.2) is 22.8 Å². The number of ether oxygens (including phenoxy) is 1. The fourth-order valence-corrected chi connectivity index (χ4v) is 4.17. The summed E-state index contributed by atoms with van der Waals surface area (Å²) in [6.45, 7) is 2.00. The molecule has 3 heteroatoms. The molecule has 1 saturated heterocycles. The van der Waals surface area contributed by atoms with E-state index in [-0.39, 0.29) is 23.0 Å². The first-order valence-electron chi connectivity index (χ1n) is 5.99. The lowest BCUT2D eigenvalue weighted by Crippen LogP contribution is -2.47. The van der Waals surface area contributed by atoms with Gasteiger partial charge >= 0.3 is 5.97 Å². The zero-order valence-electron chi connectivity index (χ0n) is 9.16. The molecule has 3 aliphatic rings. The van der Waals surface area contributed by atoms with E-state index in [1.54, 1.807) is 0 Å². The number of rotatable bonds is 1. The molecule has 3 rings (SSSR count). The van der Waals surface area contributed by atoms with Crippen LogP contribution in [0, 0.1) is 11.3 Å². The maximum Gasteiger partial charge on any atom is 0.310 e. The van der Waals surface area contributed by atoms with Gasteiger partial charge in [0.2, 0.25) is 0 Å². The van der Waals surface area contributed by atoms with E-state index in [9.17, 15) is 9.90 Å². The Labute approximate surface area is 89.8 Å². The van der Waals surface area contributed by atoms with Crippen LogP contribution in [0.4, 0.5) is 0 Å². The summed E-state index contributed by atoms with van der Waals surface area (Å²) in [4.78, 5) is 11.5. The molecule has 1 spiro atoms. The van der Waals surface area contributed by atoms with Crippen molar-refractivity contribution in [3.8, 4) is 0 Å². The largest absolute Gasteiger partial charge is 0.481 e. The highest BCUT2D eigenvalue weighted by molar-refractivity contribution is 5.74. The summed E-state index contributed by atoms with van der Waals surface area (Å²) in [7, 11) is 0. The van der Waals surface area contributed by atoms with E-state index in [4.69, 9.17) is 4.74 Å². The van der Waals surface area contributed by atoms with Crippen molar-refractivity contribution in [2.24, 2.45) is 11.3 Å².